The number of fused-ring (bicyclic) bond motifs is 4. The summed E-state index contributed by atoms with van der Waals surface area (Å²) in [7, 11) is 0. The highest BCUT2D eigenvalue weighted by atomic mass is 19.3. The number of nitrogens with zero attached hydrogens (tertiary/aromatic N) is 2. The molecule has 0 saturated carbocycles. The van der Waals surface area contributed by atoms with E-state index in [4.69, 9.17) is 0 Å². The lowest BCUT2D eigenvalue weighted by Crippen LogP contribution is -2.68. The van der Waals surface area contributed by atoms with Crippen LogP contribution in [0.1, 0.15) is 0 Å². The predicted octanol–water partition coefficient (Wildman–Crippen LogP) is 1.09. The molecule has 5 rings (SSSR count). The first-order valence-corrected chi connectivity index (χ1v) is 7.70. The SMILES string of the molecule is O=C(C[N+]12CCN(CC1)CC2)Nc1ccc2c(c1)OC(F)(F)O2. The van der Waals surface area contributed by atoms with E-state index in [1.165, 1.54) is 18.2 Å². The molecule has 1 aromatic rings. The highest BCUT2D eigenvalue weighted by molar-refractivity contribution is 5.92. The smallest absolute Gasteiger partial charge is 0.395 e. The van der Waals surface area contributed by atoms with Crippen LogP contribution >= 0.6 is 0 Å². The number of hydrogen-bond acceptors (Lipinski definition) is 4. The molecule has 0 aromatic heterocycles. The molecule has 23 heavy (non-hydrogen) atoms. The van der Waals surface area contributed by atoms with Crippen LogP contribution in [0.25, 0.3) is 0 Å². The van der Waals surface area contributed by atoms with Gasteiger partial charge in [-0.15, -0.1) is 8.78 Å². The lowest BCUT2D eigenvalue weighted by atomic mass is 10.1. The Balaban J connectivity index is 1.42. The van der Waals surface area contributed by atoms with Gasteiger partial charge in [0.15, 0.2) is 18.0 Å². The van der Waals surface area contributed by atoms with Gasteiger partial charge in [0.05, 0.1) is 19.6 Å². The molecule has 1 aromatic carbocycles. The minimum absolute atomic E-state index is 0.0259. The minimum Gasteiger partial charge on any atom is -0.395 e. The van der Waals surface area contributed by atoms with E-state index in [2.05, 4.69) is 19.7 Å². The van der Waals surface area contributed by atoms with E-state index in [9.17, 15) is 13.6 Å². The van der Waals surface area contributed by atoms with Crippen molar-refractivity contribution in [3.63, 3.8) is 0 Å². The fourth-order valence-corrected chi connectivity index (χ4v) is 3.50. The Morgan fingerprint density at radius 2 is 1.83 bits per heavy atom. The van der Waals surface area contributed by atoms with E-state index in [1.54, 1.807) is 0 Å². The number of piperazine rings is 3. The summed E-state index contributed by atoms with van der Waals surface area (Å²) in [5.74, 6) is -0.195. The maximum Gasteiger partial charge on any atom is 0.586 e. The van der Waals surface area contributed by atoms with E-state index in [0.717, 1.165) is 43.8 Å². The molecule has 0 unspecified atom stereocenters. The van der Waals surface area contributed by atoms with Crippen LogP contribution in [0.15, 0.2) is 18.2 Å². The number of ether oxygens (including phenoxy) is 2. The normalized spacial score (nSPS) is 30.3. The highest BCUT2D eigenvalue weighted by Gasteiger charge is 2.43. The Morgan fingerprint density at radius 3 is 2.52 bits per heavy atom. The molecule has 3 fully saturated rings. The van der Waals surface area contributed by atoms with Gasteiger partial charge in [-0.2, -0.15) is 0 Å². The van der Waals surface area contributed by atoms with Gasteiger partial charge < -0.3 is 19.3 Å². The van der Waals surface area contributed by atoms with Gasteiger partial charge in [0.2, 0.25) is 0 Å². The summed E-state index contributed by atoms with van der Waals surface area (Å²) in [6.45, 7) is 6.48. The molecule has 4 heterocycles. The maximum atomic E-state index is 13.0. The number of carbonyl (C=O) groups excluding carboxylic acids is 1. The molecular weight excluding hydrogens is 308 g/mol. The molecule has 124 valence electrons. The number of rotatable bonds is 3. The molecule has 1 N–H and O–H groups in total. The Kier molecular flexibility index (Phi) is 3.21. The second-order valence-electron chi connectivity index (χ2n) is 6.39. The van der Waals surface area contributed by atoms with Crippen LogP contribution in [0.5, 0.6) is 11.5 Å². The van der Waals surface area contributed by atoms with Crippen molar-refractivity contribution in [3.05, 3.63) is 18.2 Å². The third-order valence-corrected chi connectivity index (χ3v) is 4.84. The van der Waals surface area contributed by atoms with Crippen LogP contribution in [0.3, 0.4) is 0 Å². The van der Waals surface area contributed by atoms with Crippen molar-refractivity contribution in [3.8, 4) is 11.5 Å². The van der Waals surface area contributed by atoms with Crippen molar-refractivity contribution in [2.24, 2.45) is 0 Å². The summed E-state index contributed by atoms with van der Waals surface area (Å²) in [6, 6.07) is 4.27. The topological polar surface area (TPSA) is 50.8 Å². The lowest BCUT2D eigenvalue weighted by Gasteiger charge is -2.50. The van der Waals surface area contributed by atoms with E-state index >= 15 is 0 Å². The van der Waals surface area contributed by atoms with Gasteiger partial charge in [0, 0.05) is 31.4 Å². The van der Waals surface area contributed by atoms with Gasteiger partial charge in [-0.05, 0) is 12.1 Å². The zero-order valence-electron chi connectivity index (χ0n) is 12.6. The third kappa shape index (κ3) is 2.84. The van der Waals surface area contributed by atoms with Crippen LogP contribution in [0, 0.1) is 0 Å². The summed E-state index contributed by atoms with van der Waals surface area (Å²) in [4.78, 5) is 14.7. The molecule has 0 aliphatic carbocycles. The van der Waals surface area contributed by atoms with Gasteiger partial charge in [-0.1, -0.05) is 0 Å². The van der Waals surface area contributed by atoms with E-state index in [1.807, 2.05) is 0 Å². The first-order chi connectivity index (χ1) is 10.9. The molecule has 0 spiro atoms. The van der Waals surface area contributed by atoms with E-state index < -0.39 is 6.29 Å². The number of amides is 1. The molecule has 4 aliphatic rings. The van der Waals surface area contributed by atoms with Crippen LogP contribution in [0.4, 0.5) is 14.5 Å². The van der Waals surface area contributed by atoms with Gasteiger partial charge in [-0.25, -0.2) is 0 Å². The molecule has 0 atom stereocenters. The zero-order chi connectivity index (χ0) is 16.1. The van der Waals surface area contributed by atoms with Crippen molar-refractivity contribution >= 4 is 11.6 Å². The fraction of sp³-hybridized carbons (Fsp3) is 0.533. The van der Waals surface area contributed by atoms with Gasteiger partial charge >= 0.3 is 6.29 Å². The van der Waals surface area contributed by atoms with Gasteiger partial charge in [-0.3, -0.25) is 9.69 Å². The second-order valence-corrected chi connectivity index (χ2v) is 6.39. The molecular formula is C15H18F2N3O3+. The number of benzene rings is 1. The number of quaternary nitrogens is 1. The average molecular weight is 326 g/mol. The Labute approximate surface area is 132 Å². The van der Waals surface area contributed by atoms with Crippen molar-refractivity contribution in [1.82, 2.24) is 4.90 Å². The zero-order valence-corrected chi connectivity index (χ0v) is 12.6. The summed E-state index contributed by atoms with van der Waals surface area (Å²) in [5, 5.41) is 2.77. The van der Waals surface area contributed by atoms with Crippen LogP contribution in [-0.2, 0) is 4.79 Å². The van der Waals surface area contributed by atoms with Gasteiger partial charge in [0.1, 0.15) is 0 Å². The van der Waals surface area contributed by atoms with Crippen LogP contribution in [0.2, 0.25) is 0 Å². The number of carbonyl (C=O) groups is 1. The summed E-state index contributed by atoms with van der Waals surface area (Å²) in [5.41, 5.74) is 0.434. The number of anilines is 1. The van der Waals surface area contributed by atoms with Crippen molar-refractivity contribution in [2.45, 2.75) is 6.29 Å². The predicted molar refractivity (Wildman–Crippen MR) is 77.4 cm³/mol. The molecule has 0 radical (unpaired) electrons. The first-order valence-electron chi connectivity index (χ1n) is 7.70. The second kappa shape index (κ2) is 5.04. The summed E-state index contributed by atoms with van der Waals surface area (Å²) >= 11 is 0. The Hall–Kier alpha value is -1.93. The molecule has 4 aliphatic heterocycles. The number of hydrogen-bond donors (Lipinski definition) is 1. The lowest BCUT2D eigenvalue weighted by molar-refractivity contribution is -0.933. The molecule has 8 heteroatoms. The van der Waals surface area contributed by atoms with Crippen LogP contribution < -0.4 is 14.8 Å². The number of halogens is 2. The third-order valence-electron chi connectivity index (χ3n) is 4.84. The number of alkyl halides is 2. The number of nitrogens with one attached hydrogen (secondary N) is 1. The van der Waals surface area contributed by atoms with Crippen molar-refractivity contribution < 1.29 is 27.5 Å². The Morgan fingerprint density at radius 1 is 1.17 bits per heavy atom. The first kappa shape index (κ1) is 14.6. The quantitative estimate of drug-likeness (QED) is 0.845. The standard InChI is InChI=1S/C15H17F2N3O3/c16-15(17)22-12-2-1-11(9-13(12)23-15)18-14(21)10-20-6-3-19(4-7-20)5-8-20/h1-2,9H,3-8,10H2/p+1. The van der Waals surface area contributed by atoms with Gasteiger partial charge in [0.25, 0.3) is 5.91 Å². The Bertz CT molecular complexity index is 631. The monoisotopic (exact) mass is 326 g/mol. The minimum atomic E-state index is -3.64. The fourth-order valence-electron chi connectivity index (χ4n) is 3.50. The highest BCUT2D eigenvalue weighted by Crippen LogP contribution is 2.42. The van der Waals surface area contributed by atoms with E-state index in [-0.39, 0.29) is 17.4 Å². The molecule has 2 bridgehead atoms. The van der Waals surface area contributed by atoms with Crippen LogP contribution in [-0.4, -0.2) is 67.4 Å². The molecule has 6 nitrogen and oxygen atoms in total. The summed E-state index contributed by atoms with van der Waals surface area (Å²) < 4.78 is 35.6. The summed E-state index contributed by atoms with van der Waals surface area (Å²) in [6.07, 6.45) is -3.64. The largest absolute Gasteiger partial charge is 0.586 e. The molecule has 1 amide bonds. The van der Waals surface area contributed by atoms with Crippen molar-refractivity contribution in [1.29, 1.82) is 0 Å². The molecule has 3 saturated heterocycles. The average Bonchev–Trinajstić information content (AvgIpc) is 2.81. The maximum absolute atomic E-state index is 13.0. The van der Waals surface area contributed by atoms with E-state index in [0.29, 0.717) is 12.2 Å². The van der Waals surface area contributed by atoms with Crippen molar-refractivity contribution in [2.75, 3.05) is 51.1 Å².